The average Bonchev–Trinajstić information content (AvgIpc) is 3.50. The molecule has 0 aliphatic rings. The van der Waals surface area contributed by atoms with Crippen molar-refractivity contribution in [3.63, 3.8) is 0 Å². The molecule has 0 aromatic heterocycles. The number of hydrogen-bond donors (Lipinski definition) is 0. The zero-order valence-electron chi connectivity index (χ0n) is 54.9. The molecular formula is C77H134O6. The first-order valence-electron chi connectivity index (χ1n) is 35.7. The van der Waals surface area contributed by atoms with Crippen LogP contribution in [0.4, 0.5) is 0 Å². The zero-order chi connectivity index (χ0) is 59.9. The fourth-order valence-electron chi connectivity index (χ4n) is 10.2. The Labute approximate surface area is 515 Å². The van der Waals surface area contributed by atoms with Gasteiger partial charge in [0.25, 0.3) is 0 Å². The lowest BCUT2D eigenvalue weighted by Gasteiger charge is -2.18. The van der Waals surface area contributed by atoms with Gasteiger partial charge in [-0.3, -0.25) is 14.4 Å². The Morgan fingerprint density at radius 1 is 0.253 bits per heavy atom. The van der Waals surface area contributed by atoms with Crippen LogP contribution in [0.2, 0.25) is 0 Å². The number of carbonyl (C=O) groups excluding carboxylic acids is 3. The molecule has 6 nitrogen and oxygen atoms in total. The van der Waals surface area contributed by atoms with Crippen LogP contribution in [0.1, 0.15) is 355 Å². The van der Waals surface area contributed by atoms with Crippen LogP contribution < -0.4 is 0 Å². The van der Waals surface area contributed by atoms with E-state index in [0.717, 1.165) is 122 Å². The SMILES string of the molecule is CC/C=C\C/C=C\C/C=C\C/C=C\C/C=C\C/C=C\C/C=C\CCCCCCCC(=O)OCC(COC(=O)CCCCCCCCCCCCCCCCCCCCC)OC(=O)CCCCCCCCCCC/C=C\CCCCCCCC. The predicted molar refractivity (Wildman–Crippen MR) is 362 cm³/mol. The minimum atomic E-state index is -0.788. The first kappa shape index (κ1) is 79.3. The van der Waals surface area contributed by atoms with Crippen LogP contribution >= 0.6 is 0 Å². The van der Waals surface area contributed by atoms with Gasteiger partial charge in [-0.25, -0.2) is 0 Å². The molecule has 0 aliphatic heterocycles. The topological polar surface area (TPSA) is 78.9 Å². The molecule has 0 amide bonds. The monoisotopic (exact) mass is 1160 g/mol. The van der Waals surface area contributed by atoms with Gasteiger partial charge in [0.15, 0.2) is 6.10 Å². The smallest absolute Gasteiger partial charge is 0.306 e. The van der Waals surface area contributed by atoms with Gasteiger partial charge in [-0.1, -0.05) is 330 Å². The van der Waals surface area contributed by atoms with E-state index < -0.39 is 6.10 Å². The third kappa shape index (κ3) is 69.0. The van der Waals surface area contributed by atoms with E-state index in [1.807, 2.05) is 0 Å². The lowest BCUT2D eigenvalue weighted by molar-refractivity contribution is -0.167. The summed E-state index contributed by atoms with van der Waals surface area (Å²) in [7, 11) is 0. The number of unbranched alkanes of at least 4 members (excludes halogenated alkanes) is 38. The third-order valence-corrected chi connectivity index (χ3v) is 15.6. The Morgan fingerprint density at radius 3 is 0.747 bits per heavy atom. The Kier molecular flexibility index (Phi) is 67.7. The second-order valence-electron chi connectivity index (χ2n) is 23.8. The Morgan fingerprint density at radius 2 is 0.470 bits per heavy atom. The van der Waals surface area contributed by atoms with E-state index in [1.54, 1.807) is 0 Å². The van der Waals surface area contributed by atoms with Crippen LogP contribution in [0.15, 0.2) is 97.2 Å². The molecule has 0 saturated heterocycles. The summed E-state index contributed by atoms with van der Waals surface area (Å²) in [4.78, 5) is 38.5. The molecule has 0 heterocycles. The molecule has 0 saturated carbocycles. The molecule has 83 heavy (non-hydrogen) atoms. The van der Waals surface area contributed by atoms with Crippen LogP contribution in [-0.4, -0.2) is 37.2 Å². The summed E-state index contributed by atoms with van der Waals surface area (Å²) in [5, 5.41) is 0. The molecule has 6 heteroatoms. The van der Waals surface area contributed by atoms with E-state index in [1.165, 1.54) is 193 Å². The number of esters is 3. The highest BCUT2D eigenvalue weighted by atomic mass is 16.6. The maximum absolute atomic E-state index is 13.0. The van der Waals surface area contributed by atoms with Crippen molar-refractivity contribution >= 4 is 17.9 Å². The highest BCUT2D eigenvalue weighted by Gasteiger charge is 2.19. The molecule has 0 N–H and O–H groups in total. The Bertz CT molecular complexity index is 1610. The minimum Gasteiger partial charge on any atom is -0.462 e. The van der Waals surface area contributed by atoms with Gasteiger partial charge in [0, 0.05) is 19.3 Å². The van der Waals surface area contributed by atoms with Gasteiger partial charge in [0.2, 0.25) is 0 Å². The normalized spacial score (nSPS) is 12.7. The summed E-state index contributed by atoms with van der Waals surface area (Å²) in [5.74, 6) is -0.884. The number of carbonyl (C=O) groups is 3. The van der Waals surface area contributed by atoms with Crippen molar-refractivity contribution in [3.8, 4) is 0 Å². The second-order valence-corrected chi connectivity index (χ2v) is 23.8. The first-order valence-corrected chi connectivity index (χ1v) is 35.7. The van der Waals surface area contributed by atoms with Crippen molar-refractivity contribution in [1.82, 2.24) is 0 Å². The van der Waals surface area contributed by atoms with Crippen molar-refractivity contribution in [2.24, 2.45) is 0 Å². The van der Waals surface area contributed by atoms with E-state index in [0.29, 0.717) is 19.3 Å². The minimum absolute atomic E-state index is 0.0811. The third-order valence-electron chi connectivity index (χ3n) is 15.6. The van der Waals surface area contributed by atoms with Crippen LogP contribution in [0.25, 0.3) is 0 Å². The molecule has 0 bridgehead atoms. The van der Waals surface area contributed by atoms with E-state index in [2.05, 4.69) is 118 Å². The van der Waals surface area contributed by atoms with Gasteiger partial charge in [0.1, 0.15) is 13.2 Å². The summed E-state index contributed by atoms with van der Waals surface area (Å²) in [6.45, 7) is 6.56. The van der Waals surface area contributed by atoms with Crippen LogP contribution in [0.5, 0.6) is 0 Å². The zero-order valence-corrected chi connectivity index (χ0v) is 54.9. The molecule has 0 aromatic rings. The summed E-state index contributed by atoms with van der Waals surface area (Å²) < 4.78 is 17.0. The van der Waals surface area contributed by atoms with Gasteiger partial charge in [-0.15, -0.1) is 0 Å². The van der Waals surface area contributed by atoms with Gasteiger partial charge in [-0.2, -0.15) is 0 Å². The summed E-state index contributed by atoms with van der Waals surface area (Å²) in [6, 6.07) is 0. The largest absolute Gasteiger partial charge is 0.462 e. The van der Waals surface area contributed by atoms with Crippen LogP contribution in [0.3, 0.4) is 0 Å². The van der Waals surface area contributed by atoms with Crippen LogP contribution in [-0.2, 0) is 28.6 Å². The molecule has 1 atom stereocenters. The van der Waals surface area contributed by atoms with E-state index in [9.17, 15) is 14.4 Å². The van der Waals surface area contributed by atoms with Gasteiger partial charge in [-0.05, 0) is 103 Å². The van der Waals surface area contributed by atoms with E-state index in [-0.39, 0.29) is 31.1 Å². The number of rotatable bonds is 65. The van der Waals surface area contributed by atoms with Crippen molar-refractivity contribution in [2.45, 2.75) is 361 Å². The van der Waals surface area contributed by atoms with Gasteiger partial charge < -0.3 is 14.2 Å². The number of hydrogen-bond acceptors (Lipinski definition) is 6. The maximum atomic E-state index is 13.0. The second kappa shape index (κ2) is 70.8. The Balaban J connectivity index is 4.40. The van der Waals surface area contributed by atoms with Crippen LogP contribution in [0, 0.1) is 0 Å². The Hall–Kier alpha value is -3.67. The molecule has 0 rings (SSSR count). The highest BCUT2D eigenvalue weighted by Crippen LogP contribution is 2.17. The van der Waals surface area contributed by atoms with Crippen molar-refractivity contribution in [3.05, 3.63) is 97.2 Å². The fraction of sp³-hybridized carbons (Fsp3) is 0.753. The standard InChI is InChI=1S/C77H134O6/c1-4-7-10-13-16-19-22-25-28-31-34-35-36-37-38-39-40-41-44-46-49-52-55-58-61-64-67-70-76(79)82-73-74(83-77(80)71-68-65-62-59-56-53-50-47-43-33-30-27-24-21-18-15-12-9-6-3)72-81-75(78)69-66-63-60-57-54-51-48-45-42-32-29-26-23-20-17-14-11-8-5-2/h7,10,16,19,25,27-28,30,34-35,37-38,40-41,46,49,74H,4-6,8-9,11-15,17-18,20-24,26,29,31-33,36,39,42-45,47-48,50-73H2,1-3H3/b10-7-,19-16-,28-25-,30-27-,35-34-,38-37-,41-40-,49-46-. The summed E-state index contributed by atoms with van der Waals surface area (Å²) in [5.41, 5.74) is 0. The molecule has 0 aromatic carbocycles. The number of ether oxygens (including phenoxy) is 3. The van der Waals surface area contributed by atoms with Gasteiger partial charge in [0.05, 0.1) is 0 Å². The summed E-state index contributed by atoms with van der Waals surface area (Å²) >= 11 is 0. The highest BCUT2D eigenvalue weighted by molar-refractivity contribution is 5.71. The summed E-state index contributed by atoms with van der Waals surface area (Å²) in [6.07, 6.45) is 95.7. The molecular weight excluding hydrogens is 1020 g/mol. The fourth-order valence-corrected chi connectivity index (χ4v) is 10.2. The van der Waals surface area contributed by atoms with Crippen molar-refractivity contribution in [1.29, 1.82) is 0 Å². The molecule has 0 spiro atoms. The predicted octanol–water partition coefficient (Wildman–Crippen LogP) is 24.8. The first-order chi connectivity index (χ1) is 41.0. The van der Waals surface area contributed by atoms with Crippen molar-refractivity contribution < 1.29 is 28.6 Å². The lowest BCUT2D eigenvalue weighted by Crippen LogP contribution is -2.30. The van der Waals surface area contributed by atoms with E-state index >= 15 is 0 Å². The van der Waals surface area contributed by atoms with E-state index in [4.69, 9.17) is 14.2 Å². The van der Waals surface area contributed by atoms with Crippen molar-refractivity contribution in [2.75, 3.05) is 13.2 Å². The lowest BCUT2D eigenvalue weighted by atomic mass is 10.0. The molecule has 0 fully saturated rings. The molecule has 478 valence electrons. The molecule has 1 unspecified atom stereocenters. The number of allylic oxidation sites excluding steroid dienone is 16. The molecule has 0 radical (unpaired) electrons. The maximum Gasteiger partial charge on any atom is 0.306 e. The van der Waals surface area contributed by atoms with Gasteiger partial charge >= 0.3 is 17.9 Å². The quantitative estimate of drug-likeness (QED) is 0.0261. The molecule has 0 aliphatic carbocycles. The average molecular weight is 1160 g/mol.